The maximum absolute atomic E-state index is 12.5. The van der Waals surface area contributed by atoms with Crippen LogP contribution in [0, 0.1) is 16.7 Å². The number of hydrogen-bond donors (Lipinski definition) is 3. The SMILES string of the molecule is CC(O)C(O)/C=C/C=C/C(=O)O[C@@H]1C=C2COC(=O)[C@]2(O)[C@@]2(C)CCCC(C)(C)[C@H]12. The molecule has 3 rings (SSSR count). The summed E-state index contributed by atoms with van der Waals surface area (Å²) in [6.07, 6.45) is 7.07. The highest BCUT2D eigenvalue weighted by molar-refractivity contribution is 5.88. The second-order valence-electron chi connectivity index (χ2n) is 9.59. The second kappa shape index (κ2) is 7.94. The molecule has 1 heterocycles. The van der Waals surface area contributed by atoms with Crippen molar-refractivity contribution in [3.8, 4) is 0 Å². The molecule has 1 saturated carbocycles. The number of fused-ring (bicyclic) bond motifs is 3. The van der Waals surface area contributed by atoms with E-state index < -0.39 is 41.3 Å². The van der Waals surface area contributed by atoms with E-state index in [1.54, 1.807) is 6.08 Å². The number of allylic oxidation sites excluding steroid dienone is 2. The van der Waals surface area contributed by atoms with Gasteiger partial charge in [0.1, 0.15) is 12.7 Å². The van der Waals surface area contributed by atoms with Gasteiger partial charge in [-0.2, -0.15) is 0 Å². The van der Waals surface area contributed by atoms with Gasteiger partial charge in [-0.05, 0) is 31.3 Å². The van der Waals surface area contributed by atoms with Gasteiger partial charge < -0.3 is 24.8 Å². The number of ether oxygens (including phenoxy) is 2. The Balaban J connectivity index is 1.86. The highest BCUT2D eigenvalue weighted by atomic mass is 16.6. The minimum absolute atomic E-state index is 0.00192. The summed E-state index contributed by atoms with van der Waals surface area (Å²) < 4.78 is 11.0. The molecule has 7 heteroatoms. The minimum atomic E-state index is -1.69. The van der Waals surface area contributed by atoms with Crippen molar-refractivity contribution in [2.75, 3.05) is 6.61 Å². The van der Waals surface area contributed by atoms with Crippen LogP contribution >= 0.6 is 0 Å². The maximum Gasteiger partial charge on any atom is 0.343 e. The molecule has 6 atom stereocenters. The molecule has 0 bridgehead atoms. The maximum atomic E-state index is 12.5. The first kappa shape index (κ1) is 22.7. The Kier molecular flexibility index (Phi) is 6.02. The molecule has 3 N–H and O–H groups in total. The Labute approximate surface area is 177 Å². The van der Waals surface area contributed by atoms with Gasteiger partial charge in [-0.3, -0.25) is 0 Å². The van der Waals surface area contributed by atoms with E-state index in [9.17, 15) is 24.9 Å². The molecule has 166 valence electrons. The number of carbonyl (C=O) groups excluding carboxylic acids is 2. The van der Waals surface area contributed by atoms with Crippen LogP contribution in [-0.4, -0.2) is 57.8 Å². The number of cyclic esters (lactones) is 1. The van der Waals surface area contributed by atoms with Gasteiger partial charge in [-0.25, -0.2) is 9.59 Å². The Hall–Kier alpha value is -1.96. The summed E-state index contributed by atoms with van der Waals surface area (Å²) in [5.74, 6) is -1.44. The minimum Gasteiger partial charge on any atom is -0.459 e. The van der Waals surface area contributed by atoms with Crippen LogP contribution in [0.1, 0.15) is 47.0 Å². The average molecular weight is 421 g/mol. The van der Waals surface area contributed by atoms with Crippen molar-refractivity contribution in [3.63, 3.8) is 0 Å². The van der Waals surface area contributed by atoms with Crippen molar-refractivity contribution in [2.45, 2.75) is 70.9 Å². The fraction of sp³-hybridized carbons (Fsp3) is 0.652. The number of rotatable bonds is 5. The van der Waals surface area contributed by atoms with Gasteiger partial charge in [0.2, 0.25) is 0 Å². The van der Waals surface area contributed by atoms with Gasteiger partial charge in [-0.1, -0.05) is 45.4 Å². The monoisotopic (exact) mass is 420 g/mol. The van der Waals surface area contributed by atoms with Gasteiger partial charge >= 0.3 is 11.9 Å². The summed E-state index contributed by atoms with van der Waals surface area (Å²) in [4.78, 5) is 25.0. The molecule has 30 heavy (non-hydrogen) atoms. The third kappa shape index (κ3) is 3.63. The molecular weight excluding hydrogens is 388 g/mol. The fourth-order valence-electron chi connectivity index (χ4n) is 5.59. The fourth-order valence-corrected chi connectivity index (χ4v) is 5.59. The second-order valence-corrected chi connectivity index (χ2v) is 9.59. The molecule has 0 spiro atoms. The van der Waals surface area contributed by atoms with E-state index >= 15 is 0 Å². The molecular formula is C23H32O7. The molecule has 0 radical (unpaired) electrons. The first-order valence-corrected chi connectivity index (χ1v) is 10.5. The van der Waals surface area contributed by atoms with E-state index in [0.717, 1.165) is 12.8 Å². The molecule has 7 nitrogen and oxygen atoms in total. The average Bonchev–Trinajstić information content (AvgIpc) is 2.94. The van der Waals surface area contributed by atoms with Crippen molar-refractivity contribution in [1.29, 1.82) is 0 Å². The van der Waals surface area contributed by atoms with Crippen LogP contribution in [0.25, 0.3) is 0 Å². The number of hydrogen-bond acceptors (Lipinski definition) is 7. The summed E-state index contributed by atoms with van der Waals surface area (Å²) >= 11 is 0. The Morgan fingerprint density at radius 2 is 1.97 bits per heavy atom. The summed E-state index contributed by atoms with van der Waals surface area (Å²) in [5.41, 5.74) is -2.29. The lowest BCUT2D eigenvalue weighted by molar-refractivity contribution is -0.194. The quantitative estimate of drug-likeness (QED) is 0.269. The van der Waals surface area contributed by atoms with Crippen LogP contribution in [0.5, 0.6) is 0 Å². The van der Waals surface area contributed by atoms with Gasteiger partial charge in [0.25, 0.3) is 0 Å². The summed E-state index contributed by atoms with van der Waals surface area (Å²) in [6, 6.07) is 0. The molecule has 2 aliphatic carbocycles. The van der Waals surface area contributed by atoms with E-state index in [-0.39, 0.29) is 17.9 Å². The number of esters is 2. The first-order valence-electron chi connectivity index (χ1n) is 10.5. The molecule has 0 aromatic rings. The molecule has 0 aromatic heterocycles. The zero-order valence-corrected chi connectivity index (χ0v) is 18.0. The molecule has 0 amide bonds. The van der Waals surface area contributed by atoms with Crippen molar-refractivity contribution < 1.29 is 34.4 Å². The van der Waals surface area contributed by atoms with Crippen LogP contribution < -0.4 is 0 Å². The van der Waals surface area contributed by atoms with Crippen LogP contribution in [0.4, 0.5) is 0 Å². The molecule has 3 aliphatic rings. The van der Waals surface area contributed by atoms with Crippen LogP contribution in [0.3, 0.4) is 0 Å². The standard InChI is InChI=1S/C23H32O7/c1-14(24)16(25)8-5-6-9-18(26)30-17-12-15-13-29-20(27)23(15,28)22(4)11-7-10-21(2,3)19(17)22/h5-6,8-9,12,14,16-17,19,24-25,28H,7,10-11,13H2,1-4H3/b8-5+,9-6+/t14?,16?,17-,19+,22+,23+/m1/s1. The Morgan fingerprint density at radius 1 is 1.27 bits per heavy atom. The Bertz CT molecular complexity index is 793. The van der Waals surface area contributed by atoms with Gasteiger partial charge in [0, 0.05) is 23.0 Å². The Morgan fingerprint density at radius 3 is 2.63 bits per heavy atom. The van der Waals surface area contributed by atoms with Gasteiger partial charge in [0.15, 0.2) is 5.60 Å². The normalized spacial score (nSPS) is 37.3. The zero-order valence-electron chi connectivity index (χ0n) is 18.0. The number of carbonyl (C=O) groups is 2. The van der Waals surface area contributed by atoms with Crippen LogP contribution in [0.2, 0.25) is 0 Å². The molecule has 2 unspecified atom stereocenters. The molecule has 0 aromatic carbocycles. The largest absolute Gasteiger partial charge is 0.459 e. The van der Waals surface area contributed by atoms with E-state index in [1.807, 2.05) is 6.92 Å². The topological polar surface area (TPSA) is 113 Å². The third-order valence-electron chi connectivity index (χ3n) is 7.08. The van der Waals surface area contributed by atoms with Crippen LogP contribution in [0.15, 0.2) is 36.0 Å². The molecule has 2 fully saturated rings. The predicted octanol–water partition coefficient (Wildman–Crippen LogP) is 1.81. The number of aliphatic hydroxyl groups excluding tert-OH is 2. The van der Waals surface area contributed by atoms with Crippen molar-refractivity contribution in [2.24, 2.45) is 16.7 Å². The van der Waals surface area contributed by atoms with Gasteiger partial charge in [-0.15, -0.1) is 0 Å². The predicted molar refractivity (Wildman–Crippen MR) is 109 cm³/mol. The zero-order chi connectivity index (χ0) is 22.3. The van der Waals surface area contributed by atoms with Crippen LogP contribution in [-0.2, 0) is 19.1 Å². The lowest BCUT2D eigenvalue weighted by atomic mass is 9.46. The third-order valence-corrected chi connectivity index (χ3v) is 7.08. The summed E-state index contributed by atoms with van der Waals surface area (Å²) in [7, 11) is 0. The van der Waals surface area contributed by atoms with Crippen molar-refractivity contribution in [3.05, 3.63) is 36.0 Å². The first-order chi connectivity index (χ1) is 13.9. The van der Waals surface area contributed by atoms with Gasteiger partial charge in [0.05, 0.1) is 12.2 Å². The summed E-state index contributed by atoms with van der Waals surface area (Å²) in [6.45, 7) is 7.52. The lowest BCUT2D eigenvalue weighted by Crippen LogP contribution is -2.65. The highest BCUT2D eigenvalue weighted by Gasteiger charge is 2.69. The smallest absolute Gasteiger partial charge is 0.343 e. The lowest BCUT2D eigenvalue weighted by Gasteiger charge is -2.59. The van der Waals surface area contributed by atoms with E-state index in [1.165, 1.54) is 31.2 Å². The van der Waals surface area contributed by atoms with E-state index in [4.69, 9.17) is 9.47 Å². The van der Waals surface area contributed by atoms with Crippen molar-refractivity contribution >= 4 is 11.9 Å². The summed E-state index contributed by atoms with van der Waals surface area (Å²) in [5, 5.41) is 30.2. The van der Waals surface area contributed by atoms with Crippen molar-refractivity contribution in [1.82, 2.24) is 0 Å². The highest BCUT2D eigenvalue weighted by Crippen LogP contribution is 2.63. The van der Waals surface area contributed by atoms with E-state index in [2.05, 4.69) is 13.8 Å². The number of aliphatic hydroxyl groups is 3. The molecule has 1 saturated heterocycles. The molecule has 1 aliphatic heterocycles. The van der Waals surface area contributed by atoms with E-state index in [0.29, 0.717) is 12.0 Å².